The molecule has 0 N–H and O–H groups in total. The highest BCUT2D eigenvalue weighted by Crippen LogP contribution is 2.07. The Kier molecular flexibility index (Phi) is 4.47. The number of aryl methyl sites for hydroxylation is 1. The van der Waals surface area contributed by atoms with Crippen molar-refractivity contribution < 1.29 is 4.79 Å². The molecule has 2 aromatic rings. The van der Waals surface area contributed by atoms with Gasteiger partial charge in [-0.1, -0.05) is 30.3 Å². The number of rotatable bonds is 5. The fourth-order valence-corrected chi connectivity index (χ4v) is 2.31. The number of carbonyl (C=O) groups is 1. The highest BCUT2D eigenvalue weighted by Gasteiger charge is 2.12. The first-order valence-electron chi connectivity index (χ1n) is 5.95. The van der Waals surface area contributed by atoms with E-state index in [2.05, 4.69) is 17.1 Å². The van der Waals surface area contributed by atoms with Crippen LogP contribution in [0.2, 0.25) is 0 Å². The first-order chi connectivity index (χ1) is 8.77. The molecule has 0 radical (unpaired) electrons. The lowest BCUT2D eigenvalue weighted by Crippen LogP contribution is -2.28. The standard InChI is InChI=1S/C14H16N2OS/c1-16(14(17)13-10-18-11-15-13)9-5-8-12-6-3-2-4-7-12/h2-4,6-7,10-11H,5,8-9H2,1H3. The van der Waals surface area contributed by atoms with E-state index in [1.165, 1.54) is 16.9 Å². The maximum absolute atomic E-state index is 11.9. The van der Waals surface area contributed by atoms with Gasteiger partial charge in [-0.15, -0.1) is 11.3 Å². The molecule has 0 bridgehead atoms. The molecule has 0 saturated heterocycles. The maximum Gasteiger partial charge on any atom is 0.273 e. The largest absolute Gasteiger partial charge is 0.340 e. The molecule has 0 unspecified atom stereocenters. The minimum absolute atomic E-state index is 0.00399. The summed E-state index contributed by atoms with van der Waals surface area (Å²) in [7, 11) is 1.83. The van der Waals surface area contributed by atoms with Gasteiger partial charge in [-0.2, -0.15) is 0 Å². The number of nitrogens with zero attached hydrogens (tertiary/aromatic N) is 2. The average molecular weight is 260 g/mol. The van der Waals surface area contributed by atoms with E-state index in [-0.39, 0.29) is 5.91 Å². The normalized spacial score (nSPS) is 10.3. The predicted molar refractivity (Wildman–Crippen MR) is 73.8 cm³/mol. The van der Waals surface area contributed by atoms with Gasteiger partial charge in [-0.3, -0.25) is 4.79 Å². The van der Waals surface area contributed by atoms with Crippen LogP contribution in [0.15, 0.2) is 41.2 Å². The van der Waals surface area contributed by atoms with Crippen molar-refractivity contribution in [1.82, 2.24) is 9.88 Å². The van der Waals surface area contributed by atoms with Gasteiger partial charge in [0, 0.05) is 19.0 Å². The van der Waals surface area contributed by atoms with Crippen molar-refractivity contribution in [3.63, 3.8) is 0 Å². The van der Waals surface area contributed by atoms with E-state index in [0.717, 1.165) is 19.4 Å². The van der Waals surface area contributed by atoms with Gasteiger partial charge in [0.05, 0.1) is 5.51 Å². The van der Waals surface area contributed by atoms with Crippen molar-refractivity contribution in [1.29, 1.82) is 0 Å². The van der Waals surface area contributed by atoms with Gasteiger partial charge in [0.1, 0.15) is 5.69 Å². The number of carbonyl (C=O) groups excluding carboxylic acids is 1. The number of hydrogen-bond donors (Lipinski definition) is 0. The maximum atomic E-state index is 11.9. The monoisotopic (exact) mass is 260 g/mol. The smallest absolute Gasteiger partial charge is 0.273 e. The molecule has 0 saturated carbocycles. The van der Waals surface area contributed by atoms with Gasteiger partial charge >= 0.3 is 0 Å². The number of hydrogen-bond acceptors (Lipinski definition) is 3. The molecule has 0 aliphatic rings. The number of amides is 1. The third kappa shape index (κ3) is 3.40. The zero-order valence-corrected chi connectivity index (χ0v) is 11.2. The van der Waals surface area contributed by atoms with E-state index in [1.807, 2.05) is 25.2 Å². The lowest BCUT2D eigenvalue weighted by molar-refractivity contribution is 0.0788. The topological polar surface area (TPSA) is 33.2 Å². The summed E-state index contributed by atoms with van der Waals surface area (Å²) in [6, 6.07) is 10.3. The second kappa shape index (κ2) is 6.31. The summed E-state index contributed by atoms with van der Waals surface area (Å²) in [6.07, 6.45) is 1.96. The SMILES string of the molecule is CN(CCCc1ccccc1)C(=O)c1cscn1. The molecule has 1 heterocycles. The second-order valence-corrected chi connectivity index (χ2v) is 4.91. The second-order valence-electron chi connectivity index (χ2n) is 4.19. The van der Waals surface area contributed by atoms with Crippen LogP contribution in [0.3, 0.4) is 0 Å². The van der Waals surface area contributed by atoms with E-state index in [9.17, 15) is 4.79 Å². The van der Waals surface area contributed by atoms with Gasteiger partial charge in [0.25, 0.3) is 5.91 Å². The average Bonchev–Trinajstić information content (AvgIpc) is 2.93. The molecular formula is C14H16N2OS. The highest BCUT2D eigenvalue weighted by atomic mass is 32.1. The van der Waals surface area contributed by atoms with Crippen LogP contribution in [-0.4, -0.2) is 29.4 Å². The van der Waals surface area contributed by atoms with E-state index in [4.69, 9.17) is 0 Å². The fourth-order valence-electron chi connectivity index (χ4n) is 1.78. The Morgan fingerprint density at radius 3 is 2.78 bits per heavy atom. The molecular weight excluding hydrogens is 244 g/mol. The minimum atomic E-state index is 0.00399. The van der Waals surface area contributed by atoms with E-state index >= 15 is 0 Å². The number of thiazole rings is 1. The molecule has 2 rings (SSSR count). The van der Waals surface area contributed by atoms with E-state index in [1.54, 1.807) is 15.8 Å². The molecule has 0 fully saturated rings. The van der Waals surface area contributed by atoms with Crippen LogP contribution in [0.1, 0.15) is 22.5 Å². The Morgan fingerprint density at radius 1 is 1.33 bits per heavy atom. The first kappa shape index (κ1) is 12.8. The Morgan fingerprint density at radius 2 is 2.11 bits per heavy atom. The number of benzene rings is 1. The Balaban J connectivity index is 1.79. The molecule has 0 spiro atoms. The quantitative estimate of drug-likeness (QED) is 0.828. The van der Waals surface area contributed by atoms with Gasteiger partial charge in [0.2, 0.25) is 0 Å². The van der Waals surface area contributed by atoms with Gasteiger partial charge in [-0.05, 0) is 18.4 Å². The lowest BCUT2D eigenvalue weighted by Gasteiger charge is -2.15. The van der Waals surface area contributed by atoms with Gasteiger partial charge in [0.15, 0.2) is 0 Å². The van der Waals surface area contributed by atoms with Crippen molar-refractivity contribution in [3.05, 3.63) is 52.5 Å². The molecule has 1 amide bonds. The van der Waals surface area contributed by atoms with Crippen LogP contribution < -0.4 is 0 Å². The minimum Gasteiger partial charge on any atom is -0.340 e. The van der Waals surface area contributed by atoms with Crippen LogP contribution >= 0.6 is 11.3 Å². The van der Waals surface area contributed by atoms with Crippen molar-refractivity contribution in [2.45, 2.75) is 12.8 Å². The summed E-state index contributed by atoms with van der Waals surface area (Å²) in [4.78, 5) is 17.7. The van der Waals surface area contributed by atoms with Crippen LogP contribution in [-0.2, 0) is 6.42 Å². The Labute approximate surface area is 111 Å². The predicted octanol–water partition coefficient (Wildman–Crippen LogP) is 2.85. The van der Waals surface area contributed by atoms with Crippen molar-refractivity contribution in [2.24, 2.45) is 0 Å². The van der Waals surface area contributed by atoms with Crippen molar-refractivity contribution in [3.8, 4) is 0 Å². The highest BCUT2D eigenvalue weighted by molar-refractivity contribution is 7.07. The molecule has 3 nitrogen and oxygen atoms in total. The zero-order chi connectivity index (χ0) is 12.8. The summed E-state index contributed by atoms with van der Waals surface area (Å²) in [5.41, 5.74) is 3.54. The summed E-state index contributed by atoms with van der Waals surface area (Å²) in [5.74, 6) is 0.00399. The molecule has 18 heavy (non-hydrogen) atoms. The Hall–Kier alpha value is -1.68. The molecule has 94 valence electrons. The van der Waals surface area contributed by atoms with Crippen LogP contribution in [0.25, 0.3) is 0 Å². The summed E-state index contributed by atoms with van der Waals surface area (Å²) in [6.45, 7) is 0.755. The third-order valence-electron chi connectivity index (χ3n) is 2.80. The zero-order valence-electron chi connectivity index (χ0n) is 10.4. The van der Waals surface area contributed by atoms with Crippen molar-refractivity contribution >= 4 is 17.2 Å². The lowest BCUT2D eigenvalue weighted by atomic mass is 10.1. The van der Waals surface area contributed by atoms with Crippen LogP contribution in [0, 0.1) is 0 Å². The first-order valence-corrected chi connectivity index (χ1v) is 6.89. The van der Waals surface area contributed by atoms with Crippen molar-refractivity contribution in [2.75, 3.05) is 13.6 Å². The molecule has 1 aromatic carbocycles. The van der Waals surface area contributed by atoms with Gasteiger partial charge < -0.3 is 4.90 Å². The van der Waals surface area contributed by atoms with E-state index < -0.39 is 0 Å². The molecule has 0 aliphatic heterocycles. The number of aromatic nitrogens is 1. The molecule has 0 atom stereocenters. The molecule has 0 aliphatic carbocycles. The molecule has 1 aromatic heterocycles. The fraction of sp³-hybridized carbons (Fsp3) is 0.286. The van der Waals surface area contributed by atoms with Gasteiger partial charge in [-0.25, -0.2) is 4.98 Å². The van der Waals surface area contributed by atoms with E-state index in [0.29, 0.717) is 5.69 Å². The summed E-state index contributed by atoms with van der Waals surface area (Å²) in [5, 5.41) is 1.79. The van der Waals surface area contributed by atoms with Crippen LogP contribution in [0.5, 0.6) is 0 Å². The van der Waals surface area contributed by atoms with Crippen LogP contribution in [0.4, 0.5) is 0 Å². The Bertz CT molecular complexity index is 482. The summed E-state index contributed by atoms with van der Waals surface area (Å²) < 4.78 is 0. The summed E-state index contributed by atoms with van der Waals surface area (Å²) >= 11 is 1.45. The molecule has 4 heteroatoms. The third-order valence-corrected chi connectivity index (χ3v) is 3.39.